The molecule has 0 amide bonds. The quantitative estimate of drug-likeness (QED) is 0.824. The summed E-state index contributed by atoms with van der Waals surface area (Å²) in [6, 6.07) is 2.86. The smallest absolute Gasteiger partial charge is 0.143 e. The molecule has 1 aliphatic heterocycles. The molecular weight excluding hydrogens is 276 g/mol. The van der Waals surface area contributed by atoms with Crippen molar-refractivity contribution in [2.45, 2.75) is 19.3 Å². The molecule has 1 aliphatic rings. The summed E-state index contributed by atoms with van der Waals surface area (Å²) in [5.41, 5.74) is 0.599. The van der Waals surface area contributed by atoms with Crippen molar-refractivity contribution in [1.82, 2.24) is 5.32 Å². The van der Waals surface area contributed by atoms with Gasteiger partial charge in [0.2, 0.25) is 0 Å². The molecule has 0 aromatic heterocycles. The van der Waals surface area contributed by atoms with Crippen LogP contribution in [0.15, 0.2) is 16.6 Å². The zero-order valence-electron chi connectivity index (χ0n) is 8.90. The molecule has 0 radical (unpaired) electrons. The number of nitrogens with one attached hydrogen (secondary N) is 1. The van der Waals surface area contributed by atoms with Crippen LogP contribution in [0.2, 0.25) is 0 Å². The molecule has 88 valence electrons. The summed E-state index contributed by atoms with van der Waals surface area (Å²) in [6.07, 6.45) is 2.92. The Hall–Kier alpha value is -0.480. The highest BCUT2D eigenvalue weighted by atomic mass is 79.9. The third-order valence-electron chi connectivity index (χ3n) is 3.02. The molecule has 0 aliphatic carbocycles. The number of benzene rings is 1. The van der Waals surface area contributed by atoms with Crippen LogP contribution in [-0.2, 0) is 6.42 Å². The first-order valence-electron chi connectivity index (χ1n) is 5.51. The Bertz CT molecular complexity index is 376. The summed E-state index contributed by atoms with van der Waals surface area (Å²) < 4.78 is 26.7. The van der Waals surface area contributed by atoms with E-state index in [9.17, 15) is 8.78 Å². The number of rotatable bonds is 2. The van der Waals surface area contributed by atoms with Crippen LogP contribution < -0.4 is 5.32 Å². The Morgan fingerprint density at radius 2 is 2.19 bits per heavy atom. The molecule has 16 heavy (non-hydrogen) atoms. The van der Waals surface area contributed by atoms with Gasteiger partial charge in [-0.05, 0) is 65.8 Å². The Labute approximate surface area is 102 Å². The summed E-state index contributed by atoms with van der Waals surface area (Å²) in [5.74, 6) is -0.533. The summed E-state index contributed by atoms with van der Waals surface area (Å²) >= 11 is 2.93. The topological polar surface area (TPSA) is 12.0 Å². The molecule has 1 atom stereocenters. The van der Waals surface area contributed by atoms with Crippen molar-refractivity contribution < 1.29 is 8.78 Å². The van der Waals surface area contributed by atoms with Gasteiger partial charge in [-0.15, -0.1) is 0 Å². The third-order valence-corrected chi connectivity index (χ3v) is 3.75. The second kappa shape index (κ2) is 5.23. The first-order valence-corrected chi connectivity index (χ1v) is 6.31. The van der Waals surface area contributed by atoms with Crippen molar-refractivity contribution in [3.05, 3.63) is 33.8 Å². The Balaban J connectivity index is 2.11. The van der Waals surface area contributed by atoms with E-state index in [0.717, 1.165) is 25.9 Å². The van der Waals surface area contributed by atoms with E-state index in [1.54, 1.807) is 6.07 Å². The normalized spacial score (nSPS) is 21.1. The molecule has 1 aromatic carbocycles. The SMILES string of the molecule is Fc1ccc(CC2CCCNC2)c(F)c1Br. The van der Waals surface area contributed by atoms with Gasteiger partial charge in [-0.2, -0.15) is 0 Å². The molecule has 0 saturated carbocycles. The number of hydrogen-bond donors (Lipinski definition) is 1. The van der Waals surface area contributed by atoms with Crippen LogP contribution in [0.1, 0.15) is 18.4 Å². The molecule has 1 heterocycles. The van der Waals surface area contributed by atoms with Gasteiger partial charge in [0, 0.05) is 0 Å². The van der Waals surface area contributed by atoms with Crippen LogP contribution in [0.25, 0.3) is 0 Å². The maximum atomic E-state index is 13.7. The fraction of sp³-hybridized carbons (Fsp3) is 0.500. The van der Waals surface area contributed by atoms with Crippen molar-refractivity contribution in [1.29, 1.82) is 0 Å². The largest absolute Gasteiger partial charge is 0.316 e. The van der Waals surface area contributed by atoms with Gasteiger partial charge >= 0.3 is 0 Å². The van der Waals surface area contributed by atoms with Crippen molar-refractivity contribution in [2.75, 3.05) is 13.1 Å². The molecule has 0 bridgehead atoms. The van der Waals surface area contributed by atoms with Crippen LogP contribution in [0.5, 0.6) is 0 Å². The number of halogens is 3. The number of piperidine rings is 1. The molecule has 1 N–H and O–H groups in total. The Morgan fingerprint density at radius 1 is 1.38 bits per heavy atom. The highest BCUT2D eigenvalue weighted by molar-refractivity contribution is 9.10. The lowest BCUT2D eigenvalue weighted by Gasteiger charge is -2.23. The molecule has 1 fully saturated rings. The van der Waals surface area contributed by atoms with Gasteiger partial charge in [-0.25, -0.2) is 8.78 Å². The average Bonchev–Trinajstić information content (AvgIpc) is 2.31. The lowest BCUT2D eigenvalue weighted by Crippen LogP contribution is -2.31. The standard InChI is InChI=1S/C12H14BrF2N/c13-11-10(14)4-3-9(12(11)15)6-8-2-1-5-16-7-8/h3-4,8,16H,1-2,5-7H2. The lowest BCUT2D eigenvalue weighted by molar-refractivity contribution is 0.371. The molecule has 0 spiro atoms. The molecular formula is C12H14BrF2N. The maximum Gasteiger partial charge on any atom is 0.143 e. The fourth-order valence-electron chi connectivity index (χ4n) is 2.13. The Morgan fingerprint density at radius 3 is 2.88 bits per heavy atom. The van der Waals surface area contributed by atoms with Crippen molar-refractivity contribution in [3.8, 4) is 0 Å². The van der Waals surface area contributed by atoms with Gasteiger partial charge in [-0.3, -0.25) is 0 Å². The van der Waals surface area contributed by atoms with Gasteiger partial charge in [0.1, 0.15) is 11.6 Å². The van der Waals surface area contributed by atoms with Crippen LogP contribution in [0, 0.1) is 17.6 Å². The van der Waals surface area contributed by atoms with Crippen LogP contribution in [0.4, 0.5) is 8.78 Å². The van der Waals surface area contributed by atoms with Gasteiger partial charge in [-0.1, -0.05) is 6.07 Å². The second-order valence-corrected chi connectivity index (χ2v) is 5.04. The maximum absolute atomic E-state index is 13.7. The van der Waals surface area contributed by atoms with Crippen molar-refractivity contribution >= 4 is 15.9 Å². The van der Waals surface area contributed by atoms with E-state index in [-0.39, 0.29) is 4.47 Å². The first-order chi connectivity index (χ1) is 7.68. The highest BCUT2D eigenvalue weighted by Crippen LogP contribution is 2.25. The molecule has 1 unspecified atom stereocenters. The van der Waals surface area contributed by atoms with E-state index in [1.165, 1.54) is 6.07 Å². The van der Waals surface area contributed by atoms with Gasteiger partial charge in [0.25, 0.3) is 0 Å². The third kappa shape index (κ3) is 2.61. The van der Waals surface area contributed by atoms with E-state index in [0.29, 0.717) is 17.9 Å². The van der Waals surface area contributed by atoms with Gasteiger partial charge < -0.3 is 5.32 Å². The monoisotopic (exact) mass is 289 g/mol. The van der Waals surface area contributed by atoms with E-state index in [2.05, 4.69) is 21.2 Å². The average molecular weight is 290 g/mol. The Kier molecular flexibility index (Phi) is 3.92. The molecule has 4 heteroatoms. The van der Waals surface area contributed by atoms with Crippen molar-refractivity contribution in [2.24, 2.45) is 5.92 Å². The van der Waals surface area contributed by atoms with Gasteiger partial charge in [0.05, 0.1) is 4.47 Å². The molecule has 2 rings (SSSR count). The van der Waals surface area contributed by atoms with E-state index in [1.807, 2.05) is 0 Å². The van der Waals surface area contributed by atoms with Gasteiger partial charge in [0.15, 0.2) is 0 Å². The summed E-state index contributed by atoms with van der Waals surface area (Å²) in [6.45, 7) is 1.97. The molecule has 1 aromatic rings. The minimum absolute atomic E-state index is 0.0474. The summed E-state index contributed by atoms with van der Waals surface area (Å²) in [4.78, 5) is 0. The zero-order valence-corrected chi connectivity index (χ0v) is 10.5. The minimum Gasteiger partial charge on any atom is -0.316 e. The van der Waals surface area contributed by atoms with E-state index in [4.69, 9.17) is 0 Å². The second-order valence-electron chi connectivity index (χ2n) is 4.25. The molecule has 1 saturated heterocycles. The molecule has 1 nitrogen and oxygen atoms in total. The summed E-state index contributed by atoms with van der Waals surface area (Å²) in [5, 5.41) is 3.29. The first kappa shape index (κ1) is 12.0. The van der Waals surface area contributed by atoms with Crippen LogP contribution >= 0.6 is 15.9 Å². The lowest BCUT2D eigenvalue weighted by atomic mass is 9.92. The zero-order chi connectivity index (χ0) is 11.5. The number of hydrogen-bond acceptors (Lipinski definition) is 1. The highest BCUT2D eigenvalue weighted by Gasteiger charge is 2.17. The van der Waals surface area contributed by atoms with Crippen LogP contribution in [0.3, 0.4) is 0 Å². The van der Waals surface area contributed by atoms with E-state index >= 15 is 0 Å². The summed E-state index contributed by atoms with van der Waals surface area (Å²) in [7, 11) is 0. The predicted molar refractivity (Wildman–Crippen MR) is 63.4 cm³/mol. The minimum atomic E-state index is -0.539. The van der Waals surface area contributed by atoms with Crippen LogP contribution in [-0.4, -0.2) is 13.1 Å². The fourth-order valence-corrected chi connectivity index (χ4v) is 2.52. The van der Waals surface area contributed by atoms with E-state index < -0.39 is 11.6 Å². The predicted octanol–water partition coefficient (Wildman–Crippen LogP) is 3.27. The van der Waals surface area contributed by atoms with Crippen molar-refractivity contribution in [3.63, 3.8) is 0 Å².